The summed E-state index contributed by atoms with van der Waals surface area (Å²) in [6, 6.07) is 8.47. The number of rotatable bonds is 2. The van der Waals surface area contributed by atoms with E-state index in [2.05, 4.69) is 15.3 Å². The smallest absolute Gasteiger partial charge is 0.227 e. The van der Waals surface area contributed by atoms with Gasteiger partial charge in [-0.2, -0.15) is 5.26 Å². The van der Waals surface area contributed by atoms with Crippen LogP contribution in [0, 0.1) is 11.3 Å². The second-order valence-electron chi connectivity index (χ2n) is 3.08. The maximum Gasteiger partial charge on any atom is 0.227 e. The summed E-state index contributed by atoms with van der Waals surface area (Å²) >= 11 is 0. The molecule has 0 aliphatic carbocycles. The van der Waals surface area contributed by atoms with Gasteiger partial charge >= 0.3 is 0 Å². The van der Waals surface area contributed by atoms with Gasteiger partial charge in [0.25, 0.3) is 0 Å². The minimum atomic E-state index is 0.200. The molecule has 0 amide bonds. The van der Waals surface area contributed by atoms with Crippen molar-refractivity contribution < 1.29 is 5.11 Å². The first kappa shape index (κ1) is 9.93. The zero-order chi connectivity index (χ0) is 11.4. The predicted octanol–water partition coefficient (Wildman–Crippen LogP) is 1.80. The fraction of sp³-hybridized carbons (Fsp3) is 0. The maximum absolute atomic E-state index is 9.10. The summed E-state index contributed by atoms with van der Waals surface area (Å²) in [7, 11) is 0. The number of hydrogen-bond donors (Lipinski definition) is 2. The van der Waals surface area contributed by atoms with E-state index in [1.54, 1.807) is 24.3 Å². The predicted molar refractivity (Wildman–Crippen MR) is 58.1 cm³/mol. The van der Waals surface area contributed by atoms with Crippen LogP contribution in [0.1, 0.15) is 5.56 Å². The third kappa shape index (κ3) is 2.25. The molecule has 1 aromatic carbocycles. The van der Waals surface area contributed by atoms with Crippen LogP contribution in [0.25, 0.3) is 0 Å². The lowest BCUT2D eigenvalue weighted by Gasteiger charge is -2.03. The van der Waals surface area contributed by atoms with Crippen molar-refractivity contribution in [1.82, 2.24) is 9.97 Å². The van der Waals surface area contributed by atoms with Gasteiger partial charge in [-0.15, -0.1) is 0 Å². The minimum absolute atomic E-state index is 0.200. The Morgan fingerprint density at radius 1 is 1.12 bits per heavy atom. The molecule has 0 saturated heterocycles. The zero-order valence-electron chi connectivity index (χ0n) is 8.25. The standard InChI is InChI=1S/C11H8N4O/c12-5-8-6-13-11(14-7-8)15-9-1-3-10(16)4-2-9/h1-4,6-7,16H,(H,13,14,15). The molecule has 2 rings (SSSR count). The number of anilines is 2. The average molecular weight is 212 g/mol. The van der Waals surface area contributed by atoms with Crippen LogP contribution < -0.4 is 5.32 Å². The molecule has 0 atom stereocenters. The number of phenolic OH excluding ortho intramolecular Hbond substituents is 1. The van der Waals surface area contributed by atoms with Crippen molar-refractivity contribution in [3.63, 3.8) is 0 Å². The van der Waals surface area contributed by atoms with E-state index < -0.39 is 0 Å². The largest absolute Gasteiger partial charge is 0.508 e. The molecule has 5 nitrogen and oxygen atoms in total. The molecule has 1 heterocycles. The number of phenols is 1. The topological polar surface area (TPSA) is 81.8 Å². The molecule has 1 aromatic heterocycles. The highest BCUT2D eigenvalue weighted by Gasteiger charge is 1.98. The number of aromatic nitrogens is 2. The van der Waals surface area contributed by atoms with Gasteiger partial charge in [-0.05, 0) is 24.3 Å². The minimum Gasteiger partial charge on any atom is -0.508 e. The summed E-state index contributed by atoms with van der Waals surface area (Å²) in [5.41, 5.74) is 1.18. The van der Waals surface area contributed by atoms with Crippen LogP contribution in [0.3, 0.4) is 0 Å². The third-order valence-corrected chi connectivity index (χ3v) is 1.90. The molecule has 0 aliphatic heterocycles. The molecule has 5 heteroatoms. The van der Waals surface area contributed by atoms with E-state index >= 15 is 0 Å². The van der Waals surface area contributed by atoms with Gasteiger partial charge in [0.1, 0.15) is 11.8 Å². The van der Waals surface area contributed by atoms with E-state index in [1.165, 1.54) is 12.4 Å². The quantitative estimate of drug-likeness (QED) is 0.741. The van der Waals surface area contributed by atoms with E-state index in [9.17, 15) is 0 Å². The number of aromatic hydroxyl groups is 1. The number of hydrogen-bond acceptors (Lipinski definition) is 5. The van der Waals surface area contributed by atoms with Gasteiger partial charge in [0, 0.05) is 5.69 Å². The molecule has 0 bridgehead atoms. The zero-order valence-corrected chi connectivity index (χ0v) is 8.25. The Balaban J connectivity index is 2.15. The highest BCUT2D eigenvalue weighted by molar-refractivity contribution is 5.54. The van der Waals surface area contributed by atoms with Crippen LogP contribution in [0.15, 0.2) is 36.7 Å². The van der Waals surface area contributed by atoms with E-state index in [4.69, 9.17) is 10.4 Å². The average Bonchev–Trinajstić information content (AvgIpc) is 2.33. The Morgan fingerprint density at radius 2 is 1.75 bits per heavy atom. The molecule has 0 aliphatic rings. The molecule has 2 N–H and O–H groups in total. The fourth-order valence-corrected chi connectivity index (χ4v) is 1.12. The number of nitrogens with one attached hydrogen (secondary N) is 1. The number of nitriles is 1. The number of nitrogens with zero attached hydrogens (tertiary/aromatic N) is 3. The van der Waals surface area contributed by atoms with Gasteiger partial charge in [-0.25, -0.2) is 9.97 Å². The molecule has 0 fully saturated rings. The first-order valence-electron chi connectivity index (χ1n) is 4.56. The van der Waals surface area contributed by atoms with Gasteiger partial charge in [-0.3, -0.25) is 0 Å². The summed E-state index contributed by atoms with van der Waals surface area (Å²) in [5, 5.41) is 20.6. The molecule has 0 saturated carbocycles. The summed E-state index contributed by atoms with van der Waals surface area (Å²) in [6.45, 7) is 0. The lowest BCUT2D eigenvalue weighted by atomic mass is 10.3. The van der Waals surface area contributed by atoms with Crippen molar-refractivity contribution in [3.05, 3.63) is 42.2 Å². The molecular formula is C11H8N4O. The maximum atomic E-state index is 9.10. The molecule has 0 unspecified atom stereocenters. The van der Waals surface area contributed by atoms with Gasteiger partial charge in [-0.1, -0.05) is 0 Å². The van der Waals surface area contributed by atoms with Gasteiger partial charge in [0.15, 0.2) is 0 Å². The second kappa shape index (κ2) is 4.28. The monoisotopic (exact) mass is 212 g/mol. The molecule has 2 aromatic rings. The van der Waals surface area contributed by atoms with Crippen molar-refractivity contribution in [2.45, 2.75) is 0 Å². The lowest BCUT2D eigenvalue weighted by Crippen LogP contribution is -1.96. The normalized spacial score (nSPS) is 9.44. The van der Waals surface area contributed by atoms with Crippen molar-refractivity contribution in [2.24, 2.45) is 0 Å². The highest BCUT2D eigenvalue weighted by atomic mass is 16.3. The first-order chi connectivity index (χ1) is 7.78. The van der Waals surface area contributed by atoms with Crippen LogP contribution in [-0.4, -0.2) is 15.1 Å². The van der Waals surface area contributed by atoms with Crippen molar-refractivity contribution in [1.29, 1.82) is 5.26 Å². The van der Waals surface area contributed by atoms with Crippen LogP contribution in [0.2, 0.25) is 0 Å². The van der Waals surface area contributed by atoms with Gasteiger partial charge in [0.05, 0.1) is 18.0 Å². The Hall–Kier alpha value is -2.61. The van der Waals surface area contributed by atoms with Crippen LogP contribution in [0.5, 0.6) is 5.75 Å². The lowest BCUT2D eigenvalue weighted by molar-refractivity contribution is 0.475. The SMILES string of the molecule is N#Cc1cnc(Nc2ccc(O)cc2)nc1. The Labute approximate surface area is 92.0 Å². The highest BCUT2D eigenvalue weighted by Crippen LogP contribution is 2.16. The molecule has 16 heavy (non-hydrogen) atoms. The Kier molecular flexibility index (Phi) is 2.65. The van der Waals surface area contributed by atoms with Gasteiger partial charge < -0.3 is 10.4 Å². The molecule has 0 spiro atoms. The fourth-order valence-electron chi connectivity index (χ4n) is 1.12. The summed E-state index contributed by atoms with van der Waals surface area (Å²) in [5.74, 6) is 0.607. The first-order valence-corrected chi connectivity index (χ1v) is 4.56. The van der Waals surface area contributed by atoms with E-state index in [1.807, 2.05) is 6.07 Å². The van der Waals surface area contributed by atoms with Crippen LogP contribution in [0.4, 0.5) is 11.6 Å². The molecular weight excluding hydrogens is 204 g/mol. The Morgan fingerprint density at radius 3 is 2.31 bits per heavy atom. The third-order valence-electron chi connectivity index (χ3n) is 1.90. The summed E-state index contributed by atoms with van der Waals surface area (Å²) in [6.07, 6.45) is 2.88. The molecule has 0 radical (unpaired) electrons. The van der Waals surface area contributed by atoms with Crippen molar-refractivity contribution in [3.8, 4) is 11.8 Å². The van der Waals surface area contributed by atoms with Gasteiger partial charge in [0.2, 0.25) is 5.95 Å². The number of benzene rings is 1. The van der Waals surface area contributed by atoms with E-state index in [0.29, 0.717) is 11.5 Å². The van der Waals surface area contributed by atoms with E-state index in [-0.39, 0.29) is 5.75 Å². The van der Waals surface area contributed by atoms with Crippen molar-refractivity contribution >= 4 is 11.6 Å². The van der Waals surface area contributed by atoms with Crippen molar-refractivity contribution in [2.75, 3.05) is 5.32 Å². The summed E-state index contributed by atoms with van der Waals surface area (Å²) in [4.78, 5) is 7.92. The Bertz CT molecular complexity index is 513. The summed E-state index contributed by atoms with van der Waals surface area (Å²) < 4.78 is 0. The molecule has 78 valence electrons. The second-order valence-corrected chi connectivity index (χ2v) is 3.08. The van der Waals surface area contributed by atoms with E-state index in [0.717, 1.165) is 5.69 Å². The van der Waals surface area contributed by atoms with Crippen LogP contribution >= 0.6 is 0 Å². The van der Waals surface area contributed by atoms with Crippen LogP contribution in [-0.2, 0) is 0 Å².